The zero-order chi connectivity index (χ0) is 15.3. The van der Waals surface area contributed by atoms with Crippen molar-refractivity contribution < 1.29 is 4.79 Å². The average Bonchev–Trinajstić information content (AvgIpc) is 2.43. The molecule has 0 fully saturated rings. The summed E-state index contributed by atoms with van der Waals surface area (Å²) in [6.07, 6.45) is 3.95. The van der Waals surface area contributed by atoms with Gasteiger partial charge in [-0.25, -0.2) is 0 Å². The lowest BCUT2D eigenvalue weighted by Gasteiger charge is -2.42. The third-order valence-electron chi connectivity index (χ3n) is 5.19. The molecule has 0 radical (unpaired) electrons. The predicted molar refractivity (Wildman–Crippen MR) is 89.0 cm³/mol. The Kier molecular flexibility index (Phi) is 3.20. The molecule has 0 aromatic heterocycles. The number of hydrogen-bond acceptors (Lipinski definition) is 1. The fraction of sp³-hybridized carbons (Fsp3) is 0.450. The number of rotatable bonds is 2. The Balaban J connectivity index is 2.25. The molecule has 0 amide bonds. The second-order valence-electron chi connectivity index (χ2n) is 7.72. The third kappa shape index (κ3) is 2.39. The molecule has 0 spiro atoms. The quantitative estimate of drug-likeness (QED) is 0.713. The van der Waals surface area contributed by atoms with Crippen LogP contribution in [0, 0.1) is 0 Å². The minimum absolute atomic E-state index is 0.236. The van der Waals surface area contributed by atoms with Gasteiger partial charge in [0.25, 0.3) is 0 Å². The van der Waals surface area contributed by atoms with Crippen molar-refractivity contribution in [3.63, 3.8) is 0 Å². The fourth-order valence-corrected chi connectivity index (χ4v) is 3.58. The minimum atomic E-state index is 0.236. The SMILES string of the molecule is CC1(C)CCC(C)(C)c2cc3cc(CC=O)ccc3cc21. The smallest absolute Gasteiger partial charge is 0.124 e. The summed E-state index contributed by atoms with van der Waals surface area (Å²) in [5.41, 5.74) is 4.56. The van der Waals surface area contributed by atoms with E-state index in [1.54, 1.807) is 0 Å². The molecule has 0 aliphatic heterocycles. The van der Waals surface area contributed by atoms with Crippen molar-refractivity contribution >= 4 is 17.1 Å². The van der Waals surface area contributed by atoms with Crippen molar-refractivity contribution in [2.24, 2.45) is 0 Å². The number of carbonyl (C=O) groups is 1. The van der Waals surface area contributed by atoms with E-state index in [1.165, 1.54) is 34.7 Å². The third-order valence-corrected chi connectivity index (χ3v) is 5.19. The van der Waals surface area contributed by atoms with Crippen LogP contribution in [0.1, 0.15) is 57.2 Å². The van der Waals surface area contributed by atoms with Crippen LogP contribution in [0.3, 0.4) is 0 Å². The van der Waals surface area contributed by atoms with E-state index in [2.05, 4.69) is 58.0 Å². The second-order valence-corrected chi connectivity index (χ2v) is 7.72. The van der Waals surface area contributed by atoms with Gasteiger partial charge in [-0.05, 0) is 51.1 Å². The highest BCUT2D eigenvalue weighted by Gasteiger charge is 2.37. The predicted octanol–water partition coefficient (Wildman–Crippen LogP) is 4.93. The summed E-state index contributed by atoms with van der Waals surface area (Å²) in [4.78, 5) is 10.7. The summed E-state index contributed by atoms with van der Waals surface area (Å²) >= 11 is 0. The van der Waals surface area contributed by atoms with Gasteiger partial charge in [-0.2, -0.15) is 0 Å². The van der Waals surface area contributed by atoms with Crippen molar-refractivity contribution in [2.45, 2.75) is 57.8 Å². The number of hydrogen-bond donors (Lipinski definition) is 0. The molecule has 1 aliphatic carbocycles. The molecule has 3 rings (SSSR count). The Morgan fingerprint density at radius 2 is 1.48 bits per heavy atom. The largest absolute Gasteiger partial charge is 0.303 e. The summed E-state index contributed by atoms with van der Waals surface area (Å²) < 4.78 is 0. The average molecular weight is 280 g/mol. The zero-order valence-corrected chi connectivity index (χ0v) is 13.5. The standard InChI is InChI=1S/C20H24O/c1-19(2)8-9-20(3,4)18-13-16-11-14(7-10-21)5-6-15(16)12-17(18)19/h5-6,10-13H,7-9H2,1-4H3. The molecule has 1 aliphatic rings. The van der Waals surface area contributed by atoms with Crippen LogP contribution in [0.4, 0.5) is 0 Å². The van der Waals surface area contributed by atoms with Crippen LogP contribution in [-0.4, -0.2) is 6.29 Å². The number of fused-ring (bicyclic) bond motifs is 2. The first-order chi connectivity index (χ1) is 9.83. The summed E-state index contributed by atoms with van der Waals surface area (Å²) in [6.45, 7) is 9.41. The van der Waals surface area contributed by atoms with Gasteiger partial charge >= 0.3 is 0 Å². The van der Waals surface area contributed by atoms with Crippen molar-refractivity contribution in [2.75, 3.05) is 0 Å². The van der Waals surface area contributed by atoms with Gasteiger partial charge in [-0.15, -0.1) is 0 Å². The Hall–Kier alpha value is -1.63. The van der Waals surface area contributed by atoms with Crippen LogP contribution >= 0.6 is 0 Å². The van der Waals surface area contributed by atoms with Gasteiger partial charge in [0.15, 0.2) is 0 Å². The number of benzene rings is 2. The lowest BCUT2D eigenvalue weighted by Crippen LogP contribution is -2.33. The van der Waals surface area contributed by atoms with E-state index in [-0.39, 0.29) is 10.8 Å². The van der Waals surface area contributed by atoms with Crippen molar-refractivity contribution in [3.8, 4) is 0 Å². The van der Waals surface area contributed by atoms with Crippen LogP contribution in [0.15, 0.2) is 30.3 Å². The zero-order valence-electron chi connectivity index (χ0n) is 13.5. The van der Waals surface area contributed by atoms with Gasteiger partial charge in [0.2, 0.25) is 0 Å². The van der Waals surface area contributed by atoms with Gasteiger partial charge < -0.3 is 4.79 Å². The topological polar surface area (TPSA) is 17.1 Å². The Morgan fingerprint density at radius 3 is 2.05 bits per heavy atom. The maximum Gasteiger partial charge on any atom is 0.124 e. The summed E-state index contributed by atoms with van der Waals surface area (Å²) in [5, 5.41) is 2.55. The fourth-order valence-electron chi connectivity index (χ4n) is 3.58. The molecule has 21 heavy (non-hydrogen) atoms. The van der Waals surface area contributed by atoms with E-state index < -0.39 is 0 Å². The molecule has 110 valence electrons. The first kappa shape index (κ1) is 14.3. The molecule has 2 aromatic carbocycles. The van der Waals surface area contributed by atoms with E-state index in [0.29, 0.717) is 6.42 Å². The first-order valence-corrected chi connectivity index (χ1v) is 7.85. The van der Waals surface area contributed by atoms with Gasteiger partial charge in [-0.1, -0.05) is 58.0 Å². The van der Waals surface area contributed by atoms with Crippen molar-refractivity contribution in [3.05, 3.63) is 47.0 Å². The maximum absolute atomic E-state index is 10.7. The highest BCUT2D eigenvalue weighted by molar-refractivity contribution is 5.86. The van der Waals surface area contributed by atoms with Gasteiger partial charge in [0.1, 0.15) is 6.29 Å². The molecule has 0 atom stereocenters. The van der Waals surface area contributed by atoms with E-state index in [4.69, 9.17) is 0 Å². The van der Waals surface area contributed by atoms with E-state index >= 15 is 0 Å². The number of carbonyl (C=O) groups excluding carboxylic acids is 1. The van der Waals surface area contributed by atoms with Gasteiger partial charge in [-0.3, -0.25) is 0 Å². The molecule has 1 nitrogen and oxygen atoms in total. The molecule has 0 saturated carbocycles. The first-order valence-electron chi connectivity index (χ1n) is 7.85. The normalized spacial score (nSPS) is 19.2. The van der Waals surface area contributed by atoms with Crippen LogP contribution in [0.2, 0.25) is 0 Å². The molecule has 2 aromatic rings. The Bertz CT molecular complexity index is 707. The summed E-state index contributed by atoms with van der Waals surface area (Å²) in [7, 11) is 0. The minimum Gasteiger partial charge on any atom is -0.303 e. The molecule has 0 N–H and O–H groups in total. The van der Waals surface area contributed by atoms with E-state index in [1.807, 2.05) is 0 Å². The molecule has 0 saturated heterocycles. The van der Waals surface area contributed by atoms with Crippen LogP contribution < -0.4 is 0 Å². The Morgan fingerprint density at radius 1 is 0.905 bits per heavy atom. The summed E-state index contributed by atoms with van der Waals surface area (Å²) in [5.74, 6) is 0. The molecular weight excluding hydrogens is 256 g/mol. The van der Waals surface area contributed by atoms with Gasteiger partial charge in [0.05, 0.1) is 0 Å². The molecular formula is C20H24O. The van der Waals surface area contributed by atoms with E-state index in [0.717, 1.165) is 11.8 Å². The monoisotopic (exact) mass is 280 g/mol. The van der Waals surface area contributed by atoms with Gasteiger partial charge in [0, 0.05) is 6.42 Å². The Labute approximate surface area is 127 Å². The van der Waals surface area contributed by atoms with Crippen LogP contribution in [-0.2, 0) is 22.0 Å². The highest BCUT2D eigenvalue weighted by atomic mass is 16.1. The second kappa shape index (κ2) is 4.69. The maximum atomic E-state index is 10.7. The molecule has 1 heteroatoms. The van der Waals surface area contributed by atoms with Crippen molar-refractivity contribution in [1.29, 1.82) is 0 Å². The number of aldehydes is 1. The van der Waals surface area contributed by atoms with Crippen molar-refractivity contribution in [1.82, 2.24) is 0 Å². The van der Waals surface area contributed by atoms with Crippen LogP contribution in [0.25, 0.3) is 10.8 Å². The molecule has 0 bridgehead atoms. The lowest BCUT2D eigenvalue weighted by atomic mass is 9.63. The molecule has 0 unspecified atom stereocenters. The highest BCUT2D eigenvalue weighted by Crippen LogP contribution is 2.46. The van der Waals surface area contributed by atoms with E-state index in [9.17, 15) is 4.79 Å². The lowest BCUT2D eigenvalue weighted by molar-refractivity contribution is -0.107. The summed E-state index contributed by atoms with van der Waals surface area (Å²) in [6, 6.07) is 11.1. The molecule has 0 heterocycles. The van der Waals surface area contributed by atoms with Crippen LogP contribution in [0.5, 0.6) is 0 Å².